The quantitative estimate of drug-likeness (QED) is 0.831. The molecule has 2 rings (SSSR count). The first-order valence-corrected chi connectivity index (χ1v) is 6.45. The molecule has 18 heavy (non-hydrogen) atoms. The zero-order chi connectivity index (χ0) is 12.8. The Kier molecular flexibility index (Phi) is 4.59. The molecular formula is C14H20N2O2. The molecule has 1 aliphatic heterocycles. The lowest BCUT2D eigenvalue weighted by Gasteiger charge is -2.10. The summed E-state index contributed by atoms with van der Waals surface area (Å²) in [7, 11) is 1.61. The minimum absolute atomic E-state index is 0.0179. The molecule has 1 heterocycles. The number of carbonyl (C=O) groups excluding carboxylic acids is 1. The molecule has 1 aliphatic rings. The monoisotopic (exact) mass is 248 g/mol. The van der Waals surface area contributed by atoms with Crippen LogP contribution < -0.4 is 15.4 Å². The molecule has 0 unspecified atom stereocenters. The summed E-state index contributed by atoms with van der Waals surface area (Å²) >= 11 is 0. The van der Waals surface area contributed by atoms with Crippen molar-refractivity contribution in [3.05, 3.63) is 29.8 Å². The Bertz CT molecular complexity index is 383. The molecule has 4 nitrogen and oxygen atoms in total. The number of hydrogen-bond donors (Lipinski definition) is 2. The second-order valence-electron chi connectivity index (χ2n) is 4.57. The molecule has 0 saturated carbocycles. The first kappa shape index (κ1) is 12.9. The summed E-state index contributed by atoms with van der Waals surface area (Å²) in [5.74, 6) is 0.748. The summed E-state index contributed by atoms with van der Waals surface area (Å²) in [6, 6.07) is 7.73. The van der Waals surface area contributed by atoms with Gasteiger partial charge in [0.2, 0.25) is 0 Å². The Morgan fingerprint density at radius 2 is 2.22 bits per heavy atom. The fourth-order valence-corrected chi connectivity index (χ4v) is 2.21. The lowest BCUT2D eigenvalue weighted by molar-refractivity contribution is 0.0952. The molecule has 98 valence electrons. The third-order valence-electron chi connectivity index (χ3n) is 3.29. The van der Waals surface area contributed by atoms with Gasteiger partial charge in [-0.3, -0.25) is 4.79 Å². The zero-order valence-electron chi connectivity index (χ0n) is 10.7. The number of rotatable bonds is 5. The molecule has 4 heteroatoms. The van der Waals surface area contributed by atoms with Crippen LogP contribution in [0.3, 0.4) is 0 Å². The molecule has 1 amide bonds. The van der Waals surface area contributed by atoms with Crippen LogP contribution in [0.1, 0.15) is 29.6 Å². The molecule has 1 aromatic carbocycles. The number of carbonyl (C=O) groups is 1. The second-order valence-corrected chi connectivity index (χ2v) is 4.57. The SMILES string of the molecule is COc1ccc(C(=O)NCC[C@@H]2CCCN2)cc1. The van der Waals surface area contributed by atoms with Crippen molar-refractivity contribution in [1.82, 2.24) is 10.6 Å². The van der Waals surface area contributed by atoms with Crippen LogP contribution in [0.25, 0.3) is 0 Å². The number of benzene rings is 1. The molecule has 0 aromatic heterocycles. The maximum atomic E-state index is 11.8. The molecule has 0 bridgehead atoms. The van der Waals surface area contributed by atoms with Crippen molar-refractivity contribution in [3.63, 3.8) is 0 Å². The van der Waals surface area contributed by atoms with Crippen LogP contribution in [0, 0.1) is 0 Å². The van der Waals surface area contributed by atoms with Gasteiger partial charge < -0.3 is 15.4 Å². The van der Waals surface area contributed by atoms with E-state index in [1.807, 2.05) is 0 Å². The molecular weight excluding hydrogens is 228 g/mol. The third kappa shape index (κ3) is 3.47. The fourth-order valence-electron chi connectivity index (χ4n) is 2.21. The van der Waals surface area contributed by atoms with Gasteiger partial charge in [-0.05, 0) is 50.1 Å². The van der Waals surface area contributed by atoms with E-state index in [0.29, 0.717) is 11.6 Å². The van der Waals surface area contributed by atoms with E-state index in [1.165, 1.54) is 12.8 Å². The average Bonchev–Trinajstić information content (AvgIpc) is 2.92. The largest absolute Gasteiger partial charge is 0.497 e. The van der Waals surface area contributed by atoms with Crippen molar-refractivity contribution in [2.45, 2.75) is 25.3 Å². The third-order valence-corrected chi connectivity index (χ3v) is 3.29. The second kappa shape index (κ2) is 6.40. The van der Waals surface area contributed by atoms with Crippen LogP contribution in [0.2, 0.25) is 0 Å². The van der Waals surface area contributed by atoms with Gasteiger partial charge in [-0.1, -0.05) is 0 Å². The molecule has 1 fully saturated rings. The van der Waals surface area contributed by atoms with E-state index >= 15 is 0 Å². The predicted octanol–water partition coefficient (Wildman–Crippen LogP) is 1.57. The normalized spacial score (nSPS) is 18.6. The highest BCUT2D eigenvalue weighted by Gasteiger charge is 2.13. The van der Waals surface area contributed by atoms with Gasteiger partial charge in [0.1, 0.15) is 5.75 Å². The van der Waals surface area contributed by atoms with Crippen molar-refractivity contribution >= 4 is 5.91 Å². The number of amides is 1. The summed E-state index contributed by atoms with van der Waals surface area (Å²) in [4.78, 5) is 11.8. The molecule has 0 radical (unpaired) electrons. The van der Waals surface area contributed by atoms with Gasteiger partial charge in [-0.2, -0.15) is 0 Å². The smallest absolute Gasteiger partial charge is 0.251 e. The lowest BCUT2D eigenvalue weighted by Crippen LogP contribution is -2.30. The van der Waals surface area contributed by atoms with Gasteiger partial charge in [0.05, 0.1) is 7.11 Å². The summed E-state index contributed by atoms with van der Waals surface area (Å²) in [5.41, 5.74) is 0.676. The summed E-state index contributed by atoms with van der Waals surface area (Å²) in [6.45, 7) is 1.83. The molecule has 1 aromatic rings. The molecule has 1 atom stereocenters. The number of ether oxygens (including phenoxy) is 1. The van der Waals surface area contributed by atoms with E-state index < -0.39 is 0 Å². The van der Waals surface area contributed by atoms with Gasteiger partial charge >= 0.3 is 0 Å². The Morgan fingerprint density at radius 1 is 1.44 bits per heavy atom. The van der Waals surface area contributed by atoms with Crippen LogP contribution in [0.5, 0.6) is 5.75 Å². The van der Waals surface area contributed by atoms with Crippen LogP contribution in [-0.4, -0.2) is 32.1 Å². The highest BCUT2D eigenvalue weighted by atomic mass is 16.5. The highest BCUT2D eigenvalue weighted by molar-refractivity contribution is 5.94. The van der Waals surface area contributed by atoms with E-state index in [4.69, 9.17) is 4.74 Å². The first-order valence-electron chi connectivity index (χ1n) is 6.45. The standard InChI is InChI=1S/C14H20N2O2/c1-18-13-6-4-11(5-7-13)14(17)16-10-8-12-3-2-9-15-12/h4-7,12,15H,2-3,8-10H2,1H3,(H,16,17)/t12-/m0/s1. The minimum Gasteiger partial charge on any atom is -0.497 e. The molecule has 2 N–H and O–H groups in total. The Labute approximate surface area is 108 Å². The van der Waals surface area contributed by atoms with Gasteiger partial charge in [0.15, 0.2) is 0 Å². The van der Waals surface area contributed by atoms with Gasteiger partial charge in [-0.25, -0.2) is 0 Å². The van der Waals surface area contributed by atoms with Gasteiger partial charge in [0, 0.05) is 18.2 Å². The van der Waals surface area contributed by atoms with Crippen molar-refractivity contribution in [2.24, 2.45) is 0 Å². The molecule has 1 saturated heterocycles. The van der Waals surface area contributed by atoms with E-state index in [0.717, 1.165) is 25.3 Å². The van der Waals surface area contributed by atoms with Gasteiger partial charge in [-0.15, -0.1) is 0 Å². The van der Waals surface area contributed by atoms with E-state index in [-0.39, 0.29) is 5.91 Å². The van der Waals surface area contributed by atoms with Crippen LogP contribution in [-0.2, 0) is 0 Å². The van der Waals surface area contributed by atoms with E-state index in [9.17, 15) is 4.79 Å². The number of nitrogens with one attached hydrogen (secondary N) is 2. The zero-order valence-corrected chi connectivity index (χ0v) is 10.7. The molecule has 0 aliphatic carbocycles. The summed E-state index contributed by atoms with van der Waals surface area (Å²) < 4.78 is 5.06. The van der Waals surface area contributed by atoms with Crippen LogP contribution in [0.4, 0.5) is 0 Å². The number of methoxy groups -OCH3 is 1. The fraction of sp³-hybridized carbons (Fsp3) is 0.500. The maximum absolute atomic E-state index is 11.8. The Morgan fingerprint density at radius 3 is 2.83 bits per heavy atom. The van der Waals surface area contributed by atoms with Crippen molar-refractivity contribution in [2.75, 3.05) is 20.2 Å². The molecule has 0 spiro atoms. The van der Waals surface area contributed by atoms with E-state index in [1.54, 1.807) is 31.4 Å². The lowest BCUT2D eigenvalue weighted by atomic mass is 10.1. The highest BCUT2D eigenvalue weighted by Crippen LogP contribution is 2.11. The van der Waals surface area contributed by atoms with Crippen molar-refractivity contribution in [1.29, 1.82) is 0 Å². The van der Waals surface area contributed by atoms with Gasteiger partial charge in [0.25, 0.3) is 5.91 Å². The van der Waals surface area contributed by atoms with Crippen LogP contribution >= 0.6 is 0 Å². The van der Waals surface area contributed by atoms with Crippen molar-refractivity contribution < 1.29 is 9.53 Å². The minimum atomic E-state index is -0.0179. The number of hydrogen-bond acceptors (Lipinski definition) is 3. The predicted molar refractivity (Wildman–Crippen MR) is 71.0 cm³/mol. The topological polar surface area (TPSA) is 50.4 Å². The Balaban J connectivity index is 1.76. The first-order chi connectivity index (χ1) is 8.79. The van der Waals surface area contributed by atoms with Crippen molar-refractivity contribution in [3.8, 4) is 5.75 Å². The summed E-state index contributed by atoms with van der Waals surface area (Å²) in [6.07, 6.45) is 3.47. The summed E-state index contributed by atoms with van der Waals surface area (Å²) in [5, 5.41) is 6.36. The van der Waals surface area contributed by atoms with E-state index in [2.05, 4.69) is 10.6 Å². The van der Waals surface area contributed by atoms with Crippen LogP contribution in [0.15, 0.2) is 24.3 Å². The maximum Gasteiger partial charge on any atom is 0.251 e. The average molecular weight is 248 g/mol. The Hall–Kier alpha value is -1.55.